The topological polar surface area (TPSA) is 52.6 Å². The number of aliphatic hydroxyl groups excluding tert-OH is 1. The molecule has 1 fully saturated rings. The van der Waals surface area contributed by atoms with E-state index >= 15 is 0 Å². The van der Waals surface area contributed by atoms with Crippen molar-refractivity contribution in [3.8, 4) is 11.1 Å². The van der Waals surface area contributed by atoms with Gasteiger partial charge in [0.15, 0.2) is 0 Å². The number of carbonyl (C=O) groups excluding carboxylic acids is 1. The summed E-state index contributed by atoms with van der Waals surface area (Å²) in [6.07, 6.45) is 0.791. The third kappa shape index (κ3) is 3.15. The van der Waals surface area contributed by atoms with Crippen LogP contribution in [0.3, 0.4) is 0 Å². The van der Waals surface area contributed by atoms with E-state index in [-0.39, 0.29) is 30.5 Å². The Labute approximate surface area is 175 Å². The molecule has 3 aromatic rings. The second-order valence-electron chi connectivity index (χ2n) is 8.01. The first kappa shape index (κ1) is 18.8. The molecule has 0 aliphatic carbocycles. The molecule has 0 bridgehead atoms. The zero-order chi connectivity index (χ0) is 20.7. The van der Waals surface area contributed by atoms with Gasteiger partial charge in [-0.25, -0.2) is 4.39 Å². The number of nitrogens with one attached hydrogen (secondary N) is 1. The molecule has 0 aromatic heterocycles. The number of amides is 1. The molecule has 2 aliphatic rings. The predicted octanol–water partition coefficient (Wildman–Crippen LogP) is 4.48. The van der Waals surface area contributed by atoms with Crippen molar-refractivity contribution in [1.82, 2.24) is 4.90 Å². The average molecular weight is 402 g/mol. The molecule has 152 valence electrons. The fraction of sp³-hybridized carbons (Fsp3) is 0.240. The summed E-state index contributed by atoms with van der Waals surface area (Å²) in [6.45, 7) is 0.584. The van der Waals surface area contributed by atoms with Crippen LogP contribution in [0.2, 0.25) is 0 Å². The number of anilines is 1. The van der Waals surface area contributed by atoms with Gasteiger partial charge in [0.2, 0.25) is 0 Å². The Hall–Kier alpha value is -3.18. The first-order valence-electron chi connectivity index (χ1n) is 10.3. The lowest BCUT2D eigenvalue weighted by Crippen LogP contribution is -2.42. The van der Waals surface area contributed by atoms with Crippen molar-refractivity contribution in [1.29, 1.82) is 0 Å². The molecule has 0 radical (unpaired) electrons. The molecule has 1 saturated heterocycles. The van der Waals surface area contributed by atoms with Gasteiger partial charge < -0.3 is 15.3 Å². The van der Waals surface area contributed by atoms with E-state index < -0.39 is 5.82 Å². The highest BCUT2D eigenvalue weighted by atomic mass is 19.1. The van der Waals surface area contributed by atoms with Gasteiger partial charge >= 0.3 is 0 Å². The first-order chi connectivity index (χ1) is 14.7. The third-order valence-corrected chi connectivity index (χ3v) is 6.31. The standard InChI is InChI=1S/C25H23FN2O2/c26-19-8-4-7-18(13-19)25(30)28-12-11-20-23(15-29)27-22-10-9-17(14-21(22)24(20)28)16-5-2-1-3-6-16/h1-10,13-14,20,23-24,27,29H,11-12,15H2/t20-,23-,24-/m0/s1. The van der Waals surface area contributed by atoms with Crippen molar-refractivity contribution >= 4 is 11.6 Å². The Morgan fingerprint density at radius 1 is 1.03 bits per heavy atom. The predicted molar refractivity (Wildman–Crippen MR) is 115 cm³/mol. The fourth-order valence-electron chi connectivity index (χ4n) is 4.89. The number of nitrogens with zero attached hydrogens (tertiary/aromatic N) is 1. The molecule has 3 aromatic carbocycles. The van der Waals surface area contributed by atoms with Crippen molar-refractivity contribution in [3.05, 3.63) is 89.7 Å². The van der Waals surface area contributed by atoms with E-state index in [1.807, 2.05) is 29.2 Å². The van der Waals surface area contributed by atoms with Crippen LogP contribution in [0, 0.1) is 11.7 Å². The number of hydrogen-bond donors (Lipinski definition) is 2. The summed E-state index contributed by atoms with van der Waals surface area (Å²) in [5.41, 5.74) is 4.54. The van der Waals surface area contributed by atoms with Crippen molar-refractivity contribution in [3.63, 3.8) is 0 Å². The summed E-state index contributed by atoms with van der Waals surface area (Å²) >= 11 is 0. The zero-order valence-electron chi connectivity index (χ0n) is 16.5. The van der Waals surface area contributed by atoms with E-state index in [2.05, 4.69) is 29.6 Å². The van der Waals surface area contributed by atoms with Crippen LogP contribution in [-0.2, 0) is 0 Å². The zero-order valence-corrected chi connectivity index (χ0v) is 16.5. The summed E-state index contributed by atoms with van der Waals surface area (Å²) < 4.78 is 13.7. The van der Waals surface area contributed by atoms with Gasteiger partial charge in [0.25, 0.3) is 5.91 Å². The quantitative estimate of drug-likeness (QED) is 0.679. The lowest BCUT2D eigenvalue weighted by molar-refractivity contribution is 0.0700. The van der Waals surface area contributed by atoms with Gasteiger partial charge in [-0.15, -0.1) is 0 Å². The van der Waals surface area contributed by atoms with Gasteiger partial charge in [-0.2, -0.15) is 0 Å². The molecule has 5 rings (SSSR count). The Morgan fingerprint density at radius 3 is 2.63 bits per heavy atom. The molecule has 2 aliphatic heterocycles. The Balaban J connectivity index is 1.58. The Bertz CT molecular complexity index is 1090. The number of fused-ring (bicyclic) bond motifs is 3. The van der Waals surface area contributed by atoms with Gasteiger partial charge in [-0.3, -0.25) is 4.79 Å². The maximum absolute atomic E-state index is 13.7. The highest BCUT2D eigenvalue weighted by Gasteiger charge is 2.45. The lowest BCUT2D eigenvalue weighted by atomic mass is 9.82. The fourth-order valence-corrected chi connectivity index (χ4v) is 4.89. The van der Waals surface area contributed by atoms with E-state index in [9.17, 15) is 14.3 Å². The van der Waals surface area contributed by atoms with Crippen LogP contribution < -0.4 is 5.32 Å². The Morgan fingerprint density at radius 2 is 1.87 bits per heavy atom. The minimum absolute atomic E-state index is 0.00301. The first-order valence-corrected chi connectivity index (χ1v) is 10.3. The van der Waals surface area contributed by atoms with Crippen LogP contribution in [0.15, 0.2) is 72.8 Å². The number of halogens is 1. The Kier molecular flexibility index (Phi) is 4.75. The number of hydrogen-bond acceptors (Lipinski definition) is 3. The van der Waals surface area contributed by atoms with Crippen molar-refractivity contribution in [2.24, 2.45) is 5.92 Å². The molecule has 1 amide bonds. The average Bonchev–Trinajstić information content (AvgIpc) is 3.24. The van der Waals surface area contributed by atoms with Gasteiger partial charge in [0.1, 0.15) is 5.82 Å². The van der Waals surface area contributed by atoms with Crippen LogP contribution in [0.5, 0.6) is 0 Å². The van der Waals surface area contributed by atoms with Crippen LogP contribution >= 0.6 is 0 Å². The molecule has 0 saturated carbocycles. The molecule has 2 heterocycles. The van der Waals surface area contributed by atoms with E-state index in [1.54, 1.807) is 12.1 Å². The summed E-state index contributed by atoms with van der Waals surface area (Å²) in [5.74, 6) is -0.482. The van der Waals surface area contributed by atoms with Crippen molar-refractivity contribution in [2.75, 3.05) is 18.5 Å². The molecule has 3 atom stereocenters. The minimum atomic E-state index is -0.415. The minimum Gasteiger partial charge on any atom is -0.394 e. The SMILES string of the molecule is O=C(c1cccc(F)c1)N1CC[C@H]2[C@H](CO)Nc3ccc(-c4ccccc4)cc3[C@H]21. The maximum atomic E-state index is 13.7. The molecule has 0 spiro atoms. The van der Waals surface area contributed by atoms with Crippen LogP contribution in [0.1, 0.15) is 28.4 Å². The maximum Gasteiger partial charge on any atom is 0.254 e. The lowest BCUT2D eigenvalue weighted by Gasteiger charge is -2.39. The summed E-state index contributed by atoms with van der Waals surface area (Å²) in [4.78, 5) is 15.1. The van der Waals surface area contributed by atoms with Gasteiger partial charge in [0.05, 0.1) is 18.7 Å². The molecule has 0 unspecified atom stereocenters. The second-order valence-corrected chi connectivity index (χ2v) is 8.01. The van der Waals surface area contributed by atoms with Crippen molar-refractivity contribution in [2.45, 2.75) is 18.5 Å². The number of benzene rings is 3. The van der Waals surface area contributed by atoms with E-state index in [4.69, 9.17) is 0 Å². The largest absolute Gasteiger partial charge is 0.394 e. The van der Waals surface area contributed by atoms with Crippen LogP contribution in [-0.4, -0.2) is 35.1 Å². The number of likely N-dealkylation sites (tertiary alicyclic amines) is 1. The van der Waals surface area contributed by atoms with Crippen LogP contribution in [0.25, 0.3) is 11.1 Å². The normalized spacial score (nSPS) is 22.2. The molecule has 4 nitrogen and oxygen atoms in total. The monoisotopic (exact) mass is 402 g/mol. The molecule has 2 N–H and O–H groups in total. The number of carbonyl (C=O) groups is 1. The highest BCUT2D eigenvalue weighted by molar-refractivity contribution is 5.95. The molecule has 30 heavy (non-hydrogen) atoms. The smallest absolute Gasteiger partial charge is 0.254 e. The second kappa shape index (κ2) is 7.58. The van der Waals surface area contributed by atoms with Gasteiger partial charge in [-0.1, -0.05) is 42.5 Å². The summed E-state index contributed by atoms with van der Waals surface area (Å²) in [7, 11) is 0. The highest BCUT2D eigenvalue weighted by Crippen LogP contribution is 2.47. The summed E-state index contributed by atoms with van der Waals surface area (Å²) in [6, 6.07) is 21.9. The summed E-state index contributed by atoms with van der Waals surface area (Å²) in [5, 5.41) is 13.4. The third-order valence-electron chi connectivity index (χ3n) is 6.31. The van der Waals surface area contributed by atoms with Gasteiger partial charge in [0, 0.05) is 23.7 Å². The van der Waals surface area contributed by atoms with E-state index in [1.165, 1.54) is 12.1 Å². The van der Waals surface area contributed by atoms with Crippen LogP contribution in [0.4, 0.5) is 10.1 Å². The number of rotatable bonds is 3. The molecular formula is C25H23FN2O2. The van der Waals surface area contributed by atoms with E-state index in [0.717, 1.165) is 28.8 Å². The molecule has 5 heteroatoms. The van der Waals surface area contributed by atoms with E-state index in [0.29, 0.717) is 12.1 Å². The number of aliphatic hydroxyl groups is 1. The van der Waals surface area contributed by atoms with Crippen molar-refractivity contribution < 1.29 is 14.3 Å². The van der Waals surface area contributed by atoms with Gasteiger partial charge in [-0.05, 0) is 53.4 Å². The molecular weight excluding hydrogens is 379 g/mol.